The van der Waals surface area contributed by atoms with E-state index in [1.165, 1.54) is 83.5 Å². The Morgan fingerprint density at radius 3 is 1.41 bits per heavy atom. The summed E-state index contributed by atoms with van der Waals surface area (Å²) in [6.45, 7) is 2.92. The van der Waals surface area contributed by atoms with E-state index in [0.29, 0.717) is 19.5 Å². The van der Waals surface area contributed by atoms with Crippen molar-refractivity contribution >= 4 is 5.91 Å². The predicted octanol–water partition coefficient (Wildman–Crippen LogP) is 4.57. The van der Waals surface area contributed by atoms with Gasteiger partial charge in [0.2, 0.25) is 5.91 Å². The lowest BCUT2D eigenvalue weighted by Crippen LogP contribution is -2.45. The molecule has 0 radical (unpaired) electrons. The molecule has 3 N–H and O–H groups in total. The van der Waals surface area contributed by atoms with E-state index >= 15 is 0 Å². The standard InChI is InChI=1S/C22H46N2O3/c1-2-3-4-5-6-7-8-9-10-11-12-13-14-15-16-17-22(27)23-24(18-20-25)19-21-26/h25-26H,2-21H2,1H3,(H,23,27). The number of aliphatic hydroxyl groups excluding tert-OH is 2. The molecule has 0 unspecified atom stereocenters. The van der Waals surface area contributed by atoms with E-state index in [2.05, 4.69) is 12.3 Å². The Morgan fingerprint density at radius 2 is 1.04 bits per heavy atom. The third kappa shape index (κ3) is 19.9. The van der Waals surface area contributed by atoms with Gasteiger partial charge in [0.15, 0.2) is 0 Å². The SMILES string of the molecule is CCCCCCCCCCCCCCCCCC(=O)NN(CCO)CCO. The summed E-state index contributed by atoms with van der Waals surface area (Å²) in [5, 5.41) is 19.4. The first-order valence-electron chi connectivity index (χ1n) is 11.5. The van der Waals surface area contributed by atoms with Gasteiger partial charge in [0.05, 0.1) is 13.2 Å². The molecule has 0 rings (SSSR count). The third-order valence-electron chi connectivity index (χ3n) is 5.03. The highest BCUT2D eigenvalue weighted by atomic mass is 16.3. The Hall–Kier alpha value is -0.650. The fourth-order valence-corrected chi connectivity index (χ4v) is 3.35. The van der Waals surface area contributed by atoms with Crippen molar-refractivity contribution < 1.29 is 15.0 Å². The molecule has 0 aliphatic heterocycles. The lowest BCUT2D eigenvalue weighted by atomic mass is 10.0. The molecular formula is C22H46N2O3. The molecule has 0 saturated heterocycles. The predicted molar refractivity (Wildman–Crippen MR) is 113 cm³/mol. The maximum Gasteiger partial charge on any atom is 0.234 e. The molecule has 162 valence electrons. The van der Waals surface area contributed by atoms with E-state index in [0.717, 1.165) is 12.8 Å². The van der Waals surface area contributed by atoms with Crippen LogP contribution in [0.3, 0.4) is 0 Å². The van der Waals surface area contributed by atoms with Crippen LogP contribution >= 0.6 is 0 Å². The minimum Gasteiger partial charge on any atom is -0.395 e. The van der Waals surface area contributed by atoms with Gasteiger partial charge < -0.3 is 10.2 Å². The van der Waals surface area contributed by atoms with Crippen LogP contribution in [0, 0.1) is 0 Å². The average molecular weight is 387 g/mol. The molecule has 0 aromatic rings. The highest BCUT2D eigenvalue weighted by Gasteiger charge is 2.07. The van der Waals surface area contributed by atoms with Crippen molar-refractivity contribution in [2.45, 2.75) is 110 Å². The zero-order valence-electron chi connectivity index (χ0n) is 17.9. The first-order chi connectivity index (χ1) is 13.2. The minimum atomic E-state index is -0.0285. The fourth-order valence-electron chi connectivity index (χ4n) is 3.35. The number of rotatable bonds is 21. The van der Waals surface area contributed by atoms with Gasteiger partial charge in [-0.2, -0.15) is 0 Å². The van der Waals surface area contributed by atoms with Crippen LogP contribution < -0.4 is 5.43 Å². The van der Waals surface area contributed by atoms with E-state index in [1.807, 2.05) is 0 Å². The molecule has 0 atom stereocenters. The number of hydrogen-bond acceptors (Lipinski definition) is 4. The van der Waals surface area contributed by atoms with Crippen LogP contribution in [-0.2, 0) is 4.79 Å². The van der Waals surface area contributed by atoms with Gasteiger partial charge in [0, 0.05) is 19.5 Å². The Balaban J connectivity index is 3.29. The molecule has 0 saturated carbocycles. The molecule has 0 spiro atoms. The zero-order valence-corrected chi connectivity index (χ0v) is 17.9. The second kappa shape index (κ2) is 21.6. The molecular weight excluding hydrogens is 340 g/mol. The molecule has 0 aromatic carbocycles. The number of hydrogen-bond donors (Lipinski definition) is 3. The maximum atomic E-state index is 11.8. The number of unbranched alkanes of at least 4 members (excludes halogenated alkanes) is 14. The van der Waals surface area contributed by atoms with E-state index in [-0.39, 0.29) is 19.1 Å². The summed E-state index contributed by atoms with van der Waals surface area (Å²) in [4.78, 5) is 11.8. The quantitative estimate of drug-likeness (QED) is 0.200. The van der Waals surface area contributed by atoms with Crippen molar-refractivity contribution in [3.05, 3.63) is 0 Å². The summed E-state index contributed by atoms with van der Waals surface area (Å²) in [6.07, 6.45) is 20.3. The maximum absolute atomic E-state index is 11.8. The molecule has 0 aliphatic carbocycles. The van der Waals surface area contributed by atoms with Crippen LogP contribution in [0.4, 0.5) is 0 Å². The number of aliphatic hydroxyl groups is 2. The second-order valence-corrected chi connectivity index (χ2v) is 7.67. The van der Waals surface area contributed by atoms with Crippen molar-refractivity contribution in [2.24, 2.45) is 0 Å². The lowest BCUT2D eigenvalue weighted by molar-refractivity contribution is -0.126. The monoisotopic (exact) mass is 386 g/mol. The second-order valence-electron chi connectivity index (χ2n) is 7.67. The number of nitrogens with one attached hydrogen (secondary N) is 1. The van der Waals surface area contributed by atoms with Crippen LogP contribution in [0.5, 0.6) is 0 Å². The van der Waals surface area contributed by atoms with E-state index in [1.54, 1.807) is 5.01 Å². The number of carbonyl (C=O) groups excluding carboxylic acids is 1. The van der Waals surface area contributed by atoms with Crippen LogP contribution in [-0.4, -0.2) is 47.4 Å². The van der Waals surface area contributed by atoms with Gasteiger partial charge in [-0.25, -0.2) is 5.01 Å². The highest BCUT2D eigenvalue weighted by Crippen LogP contribution is 2.13. The summed E-state index contributed by atoms with van der Waals surface area (Å²) >= 11 is 0. The third-order valence-corrected chi connectivity index (χ3v) is 5.03. The summed E-state index contributed by atoms with van der Waals surface area (Å²) in [6, 6.07) is 0. The normalized spacial score (nSPS) is 11.3. The number of nitrogens with zero attached hydrogens (tertiary/aromatic N) is 1. The molecule has 0 aliphatic rings. The van der Waals surface area contributed by atoms with Crippen LogP contribution in [0.2, 0.25) is 0 Å². The van der Waals surface area contributed by atoms with Crippen molar-refractivity contribution in [1.82, 2.24) is 10.4 Å². The molecule has 27 heavy (non-hydrogen) atoms. The Labute approximate surface area is 167 Å². The largest absolute Gasteiger partial charge is 0.395 e. The van der Waals surface area contributed by atoms with Crippen LogP contribution in [0.1, 0.15) is 110 Å². The summed E-state index contributed by atoms with van der Waals surface area (Å²) < 4.78 is 0. The van der Waals surface area contributed by atoms with E-state index in [9.17, 15) is 4.79 Å². The van der Waals surface area contributed by atoms with Crippen LogP contribution in [0.15, 0.2) is 0 Å². The minimum absolute atomic E-state index is 0.0217. The highest BCUT2D eigenvalue weighted by molar-refractivity contribution is 5.75. The van der Waals surface area contributed by atoms with Gasteiger partial charge in [-0.05, 0) is 6.42 Å². The van der Waals surface area contributed by atoms with Gasteiger partial charge in [-0.15, -0.1) is 0 Å². The Morgan fingerprint density at radius 1 is 0.667 bits per heavy atom. The van der Waals surface area contributed by atoms with E-state index < -0.39 is 0 Å². The summed E-state index contributed by atoms with van der Waals surface area (Å²) in [5.41, 5.74) is 2.74. The number of hydrazine groups is 1. The van der Waals surface area contributed by atoms with Crippen molar-refractivity contribution in [2.75, 3.05) is 26.3 Å². The van der Waals surface area contributed by atoms with Gasteiger partial charge in [-0.3, -0.25) is 10.2 Å². The first kappa shape index (κ1) is 26.4. The zero-order chi connectivity index (χ0) is 20.0. The molecule has 0 aromatic heterocycles. The van der Waals surface area contributed by atoms with Gasteiger partial charge in [0.25, 0.3) is 0 Å². The molecule has 0 fully saturated rings. The molecule has 0 bridgehead atoms. The van der Waals surface area contributed by atoms with Crippen LogP contribution in [0.25, 0.3) is 0 Å². The number of amides is 1. The van der Waals surface area contributed by atoms with Gasteiger partial charge >= 0.3 is 0 Å². The fraction of sp³-hybridized carbons (Fsp3) is 0.955. The van der Waals surface area contributed by atoms with Crippen molar-refractivity contribution in [3.63, 3.8) is 0 Å². The average Bonchev–Trinajstić information content (AvgIpc) is 2.65. The Bertz CT molecular complexity index is 308. The van der Waals surface area contributed by atoms with Crippen molar-refractivity contribution in [1.29, 1.82) is 0 Å². The first-order valence-corrected chi connectivity index (χ1v) is 11.5. The molecule has 1 amide bonds. The summed E-state index contributed by atoms with van der Waals surface area (Å²) in [7, 11) is 0. The van der Waals surface area contributed by atoms with E-state index in [4.69, 9.17) is 10.2 Å². The summed E-state index contributed by atoms with van der Waals surface area (Å²) in [5.74, 6) is -0.0217. The molecule has 5 heteroatoms. The lowest BCUT2D eigenvalue weighted by Gasteiger charge is -2.21. The smallest absolute Gasteiger partial charge is 0.234 e. The molecule has 5 nitrogen and oxygen atoms in total. The van der Waals surface area contributed by atoms with Crippen molar-refractivity contribution in [3.8, 4) is 0 Å². The van der Waals surface area contributed by atoms with Gasteiger partial charge in [-0.1, -0.05) is 96.8 Å². The van der Waals surface area contributed by atoms with Gasteiger partial charge in [0.1, 0.15) is 0 Å². The Kier molecular flexibility index (Phi) is 21.1. The number of carbonyl (C=O) groups is 1. The topological polar surface area (TPSA) is 72.8 Å². The molecule has 0 heterocycles.